The second kappa shape index (κ2) is 5.67. The number of rotatable bonds is 3. The molecular weight excluding hydrogens is 240 g/mol. The lowest BCUT2D eigenvalue weighted by Gasteiger charge is -2.32. The van der Waals surface area contributed by atoms with E-state index >= 15 is 0 Å². The first-order valence-corrected chi connectivity index (χ1v) is 7.84. The fourth-order valence-corrected chi connectivity index (χ4v) is 3.86. The van der Waals surface area contributed by atoms with Crippen LogP contribution in [0.2, 0.25) is 0 Å². The van der Waals surface area contributed by atoms with Crippen molar-refractivity contribution < 1.29 is 9.53 Å². The standard InChI is InChI=1S/C12H22O2S2/c1-6-12(4,5)11(13)14-10-7-15-8(2)9(3)16-10/h8-10H,6-7H2,1-5H3. The van der Waals surface area contributed by atoms with Gasteiger partial charge in [0.2, 0.25) is 0 Å². The number of thioether (sulfide) groups is 2. The molecule has 0 aromatic rings. The molecular formula is C12H22O2S2. The summed E-state index contributed by atoms with van der Waals surface area (Å²) in [6.45, 7) is 10.3. The van der Waals surface area contributed by atoms with Crippen LogP contribution >= 0.6 is 23.5 Å². The Labute approximate surface area is 107 Å². The average Bonchev–Trinajstić information content (AvgIpc) is 2.23. The van der Waals surface area contributed by atoms with Gasteiger partial charge < -0.3 is 4.74 Å². The molecule has 2 nitrogen and oxygen atoms in total. The van der Waals surface area contributed by atoms with Crippen LogP contribution in [0.1, 0.15) is 41.0 Å². The van der Waals surface area contributed by atoms with Crippen molar-refractivity contribution >= 4 is 29.5 Å². The molecule has 1 rings (SSSR count). The van der Waals surface area contributed by atoms with Crippen molar-refractivity contribution in [3.05, 3.63) is 0 Å². The third-order valence-corrected chi connectivity index (χ3v) is 6.41. The van der Waals surface area contributed by atoms with Crippen LogP contribution in [0.4, 0.5) is 0 Å². The van der Waals surface area contributed by atoms with Crippen molar-refractivity contribution in [2.75, 3.05) is 5.75 Å². The largest absolute Gasteiger partial charge is 0.450 e. The van der Waals surface area contributed by atoms with Crippen LogP contribution in [0, 0.1) is 5.41 Å². The van der Waals surface area contributed by atoms with Gasteiger partial charge in [-0.3, -0.25) is 4.79 Å². The van der Waals surface area contributed by atoms with E-state index in [9.17, 15) is 4.79 Å². The Morgan fingerprint density at radius 1 is 1.38 bits per heavy atom. The van der Waals surface area contributed by atoms with E-state index in [1.807, 2.05) is 32.5 Å². The molecule has 0 spiro atoms. The van der Waals surface area contributed by atoms with Crippen LogP contribution in [0.5, 0.6) is 0 Å². The van der Waals surface area contributed by atoms with Crippen molar-refractivity contribution in [2.24, 2.45) is 5.41 Å². The second-order valence-corrected chi connectivity index (χ2v) is 7.90. The maximum Gasteiger partial charge on any atom is 0.312 e. The number of hydrogen-bond donors (Lipinski definition) is 0. The smallest absolute Gasteiger partial charge is 0.312 e. The Balaban J connectivity index is 2.47. The number of carbonyl (C=O) groups is 1. The average molecular weight is 262 g/mol. The number of ether oxygens (including phenoxy) is 1. The monoisotopic (exact) mass is 262 g/mol. The van der Waals surface area contributed by atoms with E-state index in [-0.39, 0.29) is 16.8 Å². The lowest BCUT2D eigenvalue weighted by Crippen LogP contribution is -2.34. The Bertz CT molecular complexity index is 253. The summed E-state index contributed by atoms with van der Waals surface area (Å²) in [6.07, 6.45) is 0.822. The van der Waals surface area contributed by atoms with Gasteiger partial charge in [-0.15, -0.1) is 11.8 Å². The van der Waals surface area contributed by atoms with Crippen LogP contribution < -0.4 is 0 Å². The number of esters is 1. The predicted molar refractivity (Wildman–Crippen MR) is 72.9 cm³/mol. The summed E-state index contributed by atoms with van der Waals surface area (Å²) in [5.41, 5.74) is -0.313. The summed E-state index contributed by atoms with van der Waals surface area (Å²) in [4.78, 5) is 11.9. The van der Waals surface area contributed by atoms with Crippen LogP contribution in [0.25, 0.3) is 0 Å². The summed E-state index contributed by atoms with van der Waals surface area (Å²) in [5, 5.41) is 1.21. The van der Waals surface area contributed by atoms with Gasteiger partial charge in [0.1, 0.15) is 0 Å². The molecule has 94 valence electrons. The van der Waals surface area contributed by atoms with Crippen LogP contribution in [0.15, 0.2) is 0 Å². The van der Waals surface area contributed by atoms with Crippen LogP contribution in [0.3, 0.4) is 0 Å². The minimum atomic E-state index is -0.350. The maximum absolute atomic E-state index is 11.9. The fraction of sp³-hybridized carbons (Fsp3) is 0.917. The molecule has 1 fully saturated rings. The third kappa shape index (κ3) is 3.59. The van der Waals surface area contributed by atoms with Gasteiger partial charge in [-0.1, -0.05) is 20.8 Å². The Morgan fingerprint density at radius 2 is 2.00 bits per heavy atom. The van der Waals surface area contributed by atoms with Gasteiger partial charge in [0, 0.05) is 16.3 Å². The summed E-state index contributed by atoms with van der Waals surface area (Å²) >= 11 is 3.68. The number of carbonyl (C=O) groups excluding carboxylic acids is 1. The molecule has 1 aliphatic heterocycles. The molecule has 0 aliphatic carbocycles. The fourth-order valence-electron chi connectivity index (χ4n) is 1.24. The molecule has 4 heteroatoms. The van der Waals surface area contributed by atoms with Gasteiger partial charge >= 0.3 is 5.97 Å². The highest BCUT2D eigenvalue weighted by Crippen LogP contribution is 2.37. The Morgan fingerprint density at radius 3 is 2.50 bits per heavy atom. The minimum absolute atomic E-state index is 0.0366. The lowest BCUT2D eigenvalue weighted by atomic mass is 9.91. The molecule has 16 heavy (non-hydrogen) atoms. The van der Waals surface area contributed by atoms with Crippen molar-refractivity contribution in [1.29, 1.82) is 0 Å². The van der Waals surface area contributed by atoms with Gasteiger partial charge in [0.25, 0.3) is 0 Å². The van der Waals surface area contributed by atoms with Crippen molar-refractivity contribution in [2.45, 2.75) is 57.0 Å². The molecule has 0 aromatic carbocycles. The van der Waals surface area contributed by atoms with Crippen LogP contribution in [-0.2, 0) is 9.53 Å². The first-order chi connectivity index (χ1) is 7.36. The first-order valence-electron chi connectivity index (χ1n) is 5.85. The third-order valence-electron chi connectivity index (χ3n) is 3.20. The molecule has 0 radical (unpaired) electrons. The summed E-state index contributed by atoms with van der Waals surface area (Å²) < 4.78 is 5.57. The van der Waals surface area contributed by atoms with Gasteiger partial charge in [0.05, 0.1) is 5.41 Å². The molecule has 1 aliphatic rings. The molecule has 0 N–H and O–H groups in total. The quantitative estimate of drug-likeness (QED) is 0.727. The summed E-state index contributed by atoms with van der Waals surface area (Å²) in [7, 11) is 0. The van der Waals surface area contributed by atoms with Gasteiger partial charge in [-0.25, -0.2) is 0 Å². The second-order valence-electron chi connectivity index (χ2n) is 4.95. The van der Waals surface area contributed by atoms with E-state index in [1.165, 1.54) is 0 Å². The van der Waals surface area contributed by atoms with Gasteiger partial charge in [-0.05, 0) is 20.3 Å². The molecule has 0 amide bonds. The summed E-state index contributed by atoms with van der Waals surface area (Å²) in [5.74, 6) is 0.858. The number of hydrogen-bond acceptors (Lipinski definition) is 4. The molecule has 3 unspecified atom stereocenters. The minimum Gasteiger partial charge on any atom is -0.450 e. The first kappa shape index (κ1) is 14.2. The summed E-state index contributed by atoms with van der Waals surface area (Å²) in [6, 6.07) is 0. The molecule has 0 aromatic heterocycles. The highest BCUT2D eigenvalue weighted by atomic mass is 32.2. The maximum atomic E-state index is 11.9. The highest BCUT2D eigenvalue weighted by molar-refractivity contribution is 8.07. The van der Waals surface area contributed by atoms with Crippen molar-refractivity contribution in [3.63, 3.8) is 0 Å². The van der Waals surface area contributed by atoms with Crippen molar-refractivity contribution in [3.8, 4) is 0 Å². The molecule has 0 bridgehead atoms. The molecule has 1 heterocycles. The predicted octanol–water partition coefficient (Wildman–Crippen LogP) is 3.55. The Kier molecular flexibility index (Phi) is 5.05. The van der Waals surface area contributed by atoms with Gasteiger partial charge in [-0.2, -0.15) is 11.8 Å². The van der Waals surface area contributed by atoms with E-state index in [1.54, 1.807) is 11.8 Å². The lowest BCUT2D eigenvalue weighted by molar-refractivity contribution is -0.154. The Hall–Kier alpha value is 0.170. The van der Waals surface area contributed by atoms with Crippen LogP contribution in [-0.4, -0.2) is 27.7 Å². The highest BCUT2D eigenvalue weighted by Gasteiger charge is 2.33. The zero-order valence-electron chi connectivity index (χ0n) is 10.8. The zero-order valence-corrected chi connectivity index (χ0v) is 12.4. The van der Waals surface area contributed by atoms with E-state index in [0.717, 1.165) is 12.2 Å². The topological polar surface area (TPSA) is 26.3 Å². The SMILES string of the molecule is CCC(C)(C)C(=O)OC1CSC(C)C(C)S1. The van der Waals surface area contributed by atoms with E-state index in [0.29, 0.717) is 10.5 Å². The van der Waals surface area contributed by atoms with Crippen molar-refractivity contribution in [1.82, 2.24) is 0 Å². The van der Waals surface area contributed by atoms with E-state index in [2.05, 4.69) is 13.8 Å². The molecule has 0 saturated carbocycles. The van der Waals surface area contributed by atoms with E-state index in [4.69, 9.17) is 4.74 Å². The van der Waals surface area contributed by atoms with E-state index < -0.39 is 0 Å². The van der Waals surface area contributed by atoms with Gasteiger partial charge in [0.15, 0.2) is 5.44 Å². The molecule has 1 saturated heterocycles. The molecule has 3 atom stereocenters. The normalized spacial score (nSPS) is 31.2. The zero-order chi connectivity index (χ0) is 12.3.